The van der Waals surface area contributed by atoms with Gasteiger partial charge in [-0.15, -0.1) is 0 Å². The van der Waals surface area contributed by atoms with Crippen LogP contribution in [0.1, 0.15) is 27.5 Å². The van der Waals surface area contributed by atoms with Crippen LogP contribution in [0.15, 0.2) is 54.6 Å². The van der Waals surface area contributed by atoms with E-state index in [9.17, 15) is 14.7 Å². The molecule has 4 N–H and O–H groups in total. The van der Waals surface area contributed by atoms with Gasteiger partial charge >= 0.3 is 5.97 Å². The Bertz CT molecular complexity index is 641. The number of carboxylic acid groups (broad SMARTS) is 1. The number of aliphatic carboxylic acids is 1. The van der Waals surface area contributed by atoms with Crippen molar-refractivity contribution in [3.63, 3.8) is 0 Å². The standard InChI is InChI=1S/C16H16N2O4/c19-15(18-22)13-8-6-11(7-9-13)10-17-14(16(20)21)12-4-2-1-3-5-12/h1-9,14,17,22H,10H2,(H,18,19)(H,20,21)/t14-/m0/s1. The molecule has 0 aliphatic heterocycles. The normalized spacial score (nSPS) is 11.7. The van der Waals surface area contributed by atoms with Crippen molar-refractivity contribution < 1.29 is 19.9 Å². The summed E-state index contributed by atoms with van der Waals surface area (Å²) >= 11 is 0. The predicted molar refractivity (Wildman–Crippen MR) is 79.4 cm³/mol. The van der Waals surface area contributed by atoms with E-state index in [0.29, 0.717) is 17.7 Å². The molecule has 6 nitrogen and oxygen atoms in total. The highest BCUT2D eigenvalue weighted by Crippen LogP contribution is 2.14. The van der Waals surface area contributed by atoms with E-state index in [-0.39, 0.29) is 0 Å². The summed E-state index contributed by atoms with van der Waals surface area (Å²) in [7, 11) is 0. The number of benzene rings is 2. The molecule has 0 aliphatic carbocycles. The van der Waals surface area contributed by atoms with Crippen molar-refractivity contribution in [1.82, 2.24) is 10.8 Å². The Balaban J connectivity index is 2.04. The molecule has 0 fully saturated rings. The SMILES string of the molecule is O=C(NO)c1ccc(CN[C@H](C(=O)O)c2ccccc2)cc1. The van der Waals surface area contributed by atoms with Crippen LogP contribution in [0.4, 0.5) is 0 Å². The van der Waals surface area contributed by atoms with Gasteiger partial charge in [0, 0.05) is 12.1 Å². The van der Waals surface area contributed by atoms with Crippen LogP contribution < -0.4 is 10.8 Å². The fourth-order valence-corrected chi connectivity index (χ4v) is 2.05. The number of hydrogen-bond donors (Lipinski definition) is 4. The molecule has 0 unspecified atom stereocenters. The summed E-state index contributed by atoms with van der Waals surface area (Å²) in [4.78, 5) is 22.6. The Morgan fingerprint density at radius 1 is 1.00 bits per heavy atom. The summed E-state index contributed by atoms with van der Waals surface area (Å²) in [6.45, 7) is 0.340. The van der Waals surface area contributed by atoms with Gasteiger partial charge in [0.2, 0.25) is 0 Å². The minimum Gasteiger partial charge on any atom is -0.480 e. The van der Waals surface area contributed by atoms with E-state index in [0.717, 1.165) is 5.56 Å². The number of nitrogens with one attached hydrogen (secondary N) is 2. The zero-order valence-corrected chi connectivity index (χ0v) is 11.7. The van der Waals surface area contributed by atoms with E-state index in [1.807, 2.05) is 6.07 Å². The molecular formula is C16H16N2O4. The second-order valence-electron chi connectivity index (χ2n) is 4.70. The molecular weight excluding hydrogens is 284 g/mol. The molecule has 0 heterocycles. The summed E-state index contributed by atoms with van der Waals surface area (Å²) in [5.41, 5.74) is 3.38. The Morgan fingerprint density at radius 3 is 2.18 bits per heavy atom. The second-order valence-corrected chi connectivity index (χ2v) is 4.70. The van der Waals surface area contributed by atoms with E-state index >= 15 is 0 Å². The Kier molecular flexibility index (Phi) is 5.24. The molecule has 6 heteroatoms. The highest BCUT2D eigenvalue weighted by Gasteiger charge is 2.18. The fourth-order valence-electron chi connectivity index (χ4n) is 2.05. The van der Waals surface area contributed by atoms with Crippen molar-refractivity contribution in [2.45, 2.75) is 12.6 Å². The zero-order valence-electron chi connectivity index (χ0n) is 11.7. The first-order valence-electron chi connectivity index (χ1n) is 6.66. The topological polar surface area (TPSA) is 98.7 Å². The van der Waals surface area contributed by atoms with E-state index in [4.69, 9.17) is 5.21 Å². The van der Waals surface area contributed by atoms with Crippen LogP contribution in [0.5, 0.6) is 0 Å². The number of amides is 1. The number of carbonyl (C=O) groups is 2. The van der Waals surface area contributed by atoms with Gasteiger partial charge in [0.05, 0.1) is 0 Å². The monoisotopic (exact) mass is 300 g/mol. The minimum absolute atomic E-state index is 0.323. The van der Waals surface area contributed by atoms with Crippen LogP contribution in [0.3, 0.4) is 0 Å². The van der Waals surface area contributed by atoms with Crippen LogP contribution >= 0.6 is 0 Å². The zero-order chi connectivity index (χ0) is 15.9. The van der Waals surface area contributed by atoms with Gasteiger partial charge in [-0.2, -0.15) is 0 Å². The molecule has 0 spiro atoms. The first kappa shape index (κ1) is 15.7. The second kappa shape index (κ2) is 7.35. The summed E-state index contributed by atoms with van der Waals surface area (Å²) < 4.78 is 0. The first-order valence-corrected chi connectivity index (χ1v) is 6.66. The van der Waals surface area contributed by atoms with E-state index in [2.05, 4.69) is 5.32 Å². The average molecular weight is 300 g/mol. The van der Waals surface area contributed by atoms with Gasteiger partial charge < -0.3 is 5.11 Å². The van der Waals surface area contributed by atoms with Gasteiger partial charge in [-0.3, -0.25) is 20.1 Å². The minimum atomic E-state index is -0.956. The Hall–Kier alpha value is -2.70. The molecule has 0 saturated heterocycles. The molecule has 2 rings (SSSR count). The van der Waals surface area contributed by atoms with E-state index < -0.39 is 17.9 Å². The van der Waals surface area contributed by atoms with Crippen molar-refractivity contribution in [3.05, 3.63) is 71.3 Å². The third-order valence-corrected chi connectivity index (χ3v) is 3.21. The Labute approximate surface area is 127 Å². The Morgan fingerprint density at radius 2 is 1.64 bits per heavy atom. The molecule has 0 aliphatic rings. The number of carbonyl (C=O) groups excluding carboxylic acids is 1. The third kappa shape index (κ3) is 3.91. The van der Waals surface area contributed by atoms with Crippen molar-refractivity contribution in [2.24, 2.45) is 0 Å². The molecule has 22 heavy (non-hydrogen) atoms. The highest BCUT2D eigenvalue weighted by molar-refractivity contribution is 5.93. The molecule has 2 aromatic rings. The summed E-state index contributed by atoms with van der Waals surface area (Å²) in [6, 6.07) is 14.6. The first-order chi connectivity index (χ1) is 10.6. The van der Waals surface area contributed by atoms with E-state index in [1.54, 1.807) is 54.0 Å². The van der Waals surface area contributed by atoms with Gasteiger partial charge in [-0.05, 0) is 23.3 Å². The van der Waals surface area contributed by atoms with Gasteiger partial charge in [0.1, 0.15) is 6.04 Å². The molecule has 1 atom stereocenters. The van der Waals surface area contributed by atoms with Crippen LogP contribution in [-0.2, 0) is 11.3 Å². The van der Waals surface area contributed by atoms with E-state index in [1.165, 1.54) is 0 Å². The van der Waals surface area contributed by atoms with Crippen LogP contribution in [0.25, 0.3) is 0 Å². The third-order valence-electron chi connectivity index (χ3n) is 3.21. The molecule has 2 aromatic carbocycles. The lowest BCUT2D eigenvalue weighted by atomic mass is 10.1. The van der Waals surface area contributed by atoms with Gasteiger partial charge in [0.25, 0.3) is 5.91 Å². The van der Waals surface area contributed by atoms with Crippen LogP contribution in [0, 0.1) is 0 Å². The lowest BCUT2D eigenvalue weighted by molar-refractivity contribution is -0.139. The molecule has 0 bridgehead atoms. The molecule has 114 valence electrons. The fraction of sp³-hybridized carbons (Fsp3) is 0.125. The maximum atomic E-state index is 11.4. The van der Waals surface area contributed by atoms with Crippen molar-refractivity contribution in [3.8, 4) is 0 Å². The summed E-state index contributed by atoms with van der Waals surface area (Å²) in [5.74, 6) is -1.55. The average Bonchev–Trinajstić information content (AvgIpc) is 2.55. The van der Waals surface area contributed by atoms with Crippen molar-refractivity contribution >= 4 is 11.9 Å². The van der Waals surface area contributed by atoms with Crippen LogP contribution in [-0.4, -0.2) is 22.2 Å². The van der Waals surface area contributed by atoms with Crippen molar-refractivity contribution in [1.29, 1.82) is 0 Å². The molecule has 0 saturated carbocycles. The van der Waals surface area contributed by atoms with Gasteiger partial charge in [0.15, 0.2) is 0 Å². The number of carboxylic acids is 1. The number of hydroxylamine groups is 1. The quantitative estimate of drug-likeness (QED) is 0.481. The maximum Gasteiger partial charge on any atom is 0.325 e. The molecule has 1 amide bonds. The van der Waals surface area contributed by atoms with Gasteiger partial charge in [-0.1, -0.05) is 42.5 Å². The number of hydrogen-bond acceptors (Lipinski definition) is 4. The lowest BCUT2D eigenvalue weighted by Crippen LogP contribution is -2.28. The highest BCUT2D eigenvalue weighted by atomic mass is 16.5. The maximum absolute atomic E-state index is 11.4. The summed E-state index contributed by atoms with van der Waals surface area (Å²) in [6.07, 6.45) is 0. The van der Waals surface area contributed by atoms with Gasteiger partial charge in [-0.25, -0.2) is 5.48 Å². The van der Waals surface area contributed by atoms with Crippen molar-refractivity contribution in [2.75, 3.05) is 0 Å². The lowest BCUT2D eigenvalue weighted by Gasteiger charge is -2.15. The van der Waals surface area contributed by atoms with Crippen LogP contribution in [0.2, 0.25) is 0 Å². The smallest absolute Gasteiger partial charge is 0.325 e. The summed E-state index contributed by atoms with van der Waals surface area (Å²) in [5, 5.41) is 20.8. The largest absolute Gasteiger partial charge is 0.480 e. The molecule has 0 aromatic heterocycles. The predicted octanol–water partition coefficient (Wildman–Crippen LogP) is 1.72. The molecule has 0 radical (unpaired) electrons. The number of rotatable bonds is 6.